The Balaban J connectivity index is 1.49. The number of sulfonamides is 1. The summed E-state index contributed by atoms with van der Waals surface area (Å²) in [6.07, 6.45) is 0.0608. The van der Waals surface area contributed by atoms with E-state index in [0.29, 0.717) is 16.9 Å². The molecule has 0 radical (unpaired) electrons. The van der Waals surface area contributed by atoms with Crippen LogP contribution in [0.2, 0.25) is 0 Å². The summed E-state index contributed by atoms with van der Waals surface area (Å²) in [5.74, 6) is -0.995. The van der Waals surface area contributed by atoms with Gasteiger partial charge in [-0.1, -0.05) is 24.3 Å². The van der Waals surface area contributed by atoms with Crippen molar-refractivity contribution in [3.63, 3.8) is 0 Å². The van der Waals surface area contributed by atoms with E-state index in [9.17, 15) is 17.6 Å². The second-order valence-corrected chi connectivity index (χ2v) is 10.4. The van der Waals surface area contributed by atoms with E-state index in [2.05, 4.69) is 15.0 Å². The Morgan fingerprint density at radius 3 is 2.66 bits per heavy atom. The number of hydrogen-bond donors (Lipinski definition) is 2. The number of aromatic nitrogens is 1. The summed E-state index contributed by atoms with van der Waals surface area (Å²) >= 11 is 3.04. The second kappa shape index (κ2) is 9.19. The third-order valence-electron chi connectivity index (χ3n) is 4.50. The van der Waals surface area contributed by atoms with E-state index in [0.717, 1.165) is 9.88 Å². The number of nitrogens with zero attached hydrogens (tertiary/aromatic N) is 1. The fourth-order valence-corrected chi connectivity index (χ4v) is 5.96. The van der Waals surface area contributed by atoms with Crippen molar-refractivity contribution in [2.75, 3.05) is 10.0 Å². The summed E-state index contributed by atoms with van der Waals surface area (Å²) in [5.41, 5.74) is 1.28. The van der Waals surface area contributed by atoms with E-state index < -0.39 is 15.8 Å². The van der Waals surface area contributed by atoms with E-state index in [1.807, 2.05) is 22.9 Å². The lowest BCUT2D eigenvalue weighted by atomic mass is 10.2. The van der Waals surface area contributed by atoms with E-state index in [-0.39, 0.29) is 22.9 Å². The first-order valence-corrected chi connectivity index (χ1v) is 12.7. The summed E-state index contributed by atoms with van der Waals surface area (Å²) in [4.78, 5) is 18.0. The Bertz CT molecular complexity index is 1370. The molecule has 32 heavy (non-hydrogen) atoms. The average molecular weight is 488 g/mol. The molecule has 0 aliphatic carbocycles. The number of hydrogen-bond acceptors (Lipinski definition) is 6. The first-order chi connectivity index (χ1) is 15.3. The van der Waals surface area contributed by atoms with Gasteiger partial charge in [0.15, 0.2) is 0 Å². The van der Waals surface area contributed by atoms with Gasteiger partial charge < -0.3 is 5.32 Å². The quantitative estimate of drug-likeness (QED) is 0.370. The van der Waals surface area contributed by atoms with Crippen molar-refractivity contribution in [2.24, 2.45) is 0 Å². The number of carbonyl (C=O) groups is 1. The molecule has 4 aromatic rings. The lowest BCUT2D eigenvalue weighted by Gasteiger charge is -2.13. The van der Waals surface area contributed by atoms with Gasteiger partial charge in [0.2, 0.25) is 5.91 Å². The highest BCUT2D eigenvalue weighted by Gasteiger charge is 2.20. The van der Waals surface area contributed by atoms with Crippen molar-refractivity contribution in [2.45, 2.75) is 18.2 Å². The maximum absolute atomic E-state index is 13.9. The van der Waals surface area contributed by atoms with E-state index in [1.165, 1.54) is 41.7 Å². The number of benzene rings is 2. The van der Waals surface area contributed by atoms with E-state index in [1.54, 1.807) is 30.4 Å². The second-order valence-electron chi connectivity index (χ2n) is 6.91. The Morgan fingerprint density at radius 2 is 1.91 bits per heavy atom. The summed E-state index contributed by atoms with van der Waals surface area (Å²) in [7, 11) is -4.06. The lowest BCUT2D eigenvalue weighted by molar-refractivity contribution is -0.115. The third kappa shape index (κ3) is 5.04. The fourth-order valence-electron chi connectivity index (χ4n) is 2.98. The van der Waals surface area contributed by atoms with Crippen LogP contribution in [-0.4, -0.2) is 19.3 Å². The smallest absolute Gasteiger partial charge is 0.262 e. The molecule has 0 aliphatic rings. The van der Waals surface area contributed by atoms with Crippen LogP contribution in [0.1, 0.15) is 11.3 Å². The Hall–Kier alpha value is -3.08. The van der Waals surface area contributed by atoms with Gasteiger partial charge in [0.05, 0.1) is 27.6 Å². The molecular formula is C22H18FN3O3S3. The minimum Gasteiger partial charge on any atom is -0.326 e. The first kappa shape index (κ1) is 22.1. The molecule has 6 nitrogen and oxygen atoms in total. The van der Waals surface area contributed by atoms with Crippen LogP contribution >= 0.6 is 22.7 Å². The highest BCUT2D eigenvalue weighted by molar-refractivity contribution is 7.92. The Kier molecular flexibility index (Phi) is 6.35. The van der Waals surface area contributed by atoms with Crippen molar-refractivity contribution >= 4 is 50.0 Å². The van der Waals surface area contributed by atoms with Crippen LogP contribution in [0.15, 0.2) is 70.3 Å². The van der Waals surface area contributed by atoms with Gasteiger partial charge in [0, 0.05) is 11.1 Å². The average Bonchev–Trinajstić information content (AvgIpc) is 3.43. The zero-order valence-corrected chi connectivity index (χ0v) is 19.3. The molecule has 0 bridgehead atoms. The monoisotopic (exact) mass is 487 g/mol. The number of thiophene rings is 1. The van der Waals surface area contributed by atoms with Crippen LogP contribution in [0, 0.1) is 12.7 Å². The van der Waals surface area contributed by atoms with Crippen LogP contribution in [-0.2, 0) is 21.2 Å². The molecule has 0 atom stereocenters. The molecule has 2 heterocycles. The number of para-hydroxylation sites is 1. The highest BCUT2D eigenvalue weighted by Crippen LogP contribution is 2.28. The summed E-state index contributed by atoms with van der Waals surface area (Å²) in [5, 5.41) is 7.36. The van der Waals surface area contributed by atoms with Crippen LogP contribution in [0.5, 0.6) is 0 Å². The van der Waals surface area contributed by atoms with Crippen molar-refractivity contribution < 1.29 is 17.6 Å². The van der Waals surface area contributed by atoms with Crippen LogP contribution in [0.25, 0.3) is 9.88 Å². The molecule has 4 rings (SSSR count). The van der Waals surface area contributed by atoms with E-state index >= 15 is 0 Å². The zero-order chi connectivity index (χ0) is 22.7. The SMILES string of the molecule is Cc1ccc(NC(=O)Cc2csc(-c3cccs3)n2)cc1S(=O)(=O)Nc1ccccc1F. The number of nitrogens with one attached hydrogen (secondary N) is 2. The number of amides is 1. The van der Waals surface area contributed by atoms with Crippen LogP contribution in [0.4, 0.5) is 15.8 Å². The molecule has 0 aliphatic heterocycles. The molecule has 1 amide bonds. The summed E-state index contributed by atoms with van der Waals surface area (Å²) < 4.78 is 41.8. The molecule has 0 saturated heterocycles. The molecule has 2 aromatic heterocycles. The van der Waals surface area contributed by atoms with E-state index in [4.69, 9.17) is 0 Å². The minimum absolute atomic E-state index is 0.0489. The maximum Gasteiger partial charge on any atom is 0.262 e. The van der Waals surface area contributed by atoms with Gasteiger partial charge in [-0.3, -0.25) is 9.52 Å². The van der Waals surface area contributed by atoms with Crippen LogP contribution < -0.4 is 10.0 Å². The molecular weight excluding hydrogens is 469 g/mol. The van der Waals surface area contributed by atoms with Gasteiger partial charge in [-0.05, 0) is 48.2 Å². The Labute approximate surface area is 192 Å². The maximum atomic E-state index is 13.9. The zero-order valence-electron chi connectivity index (χ0n) is 16.8. The molecule has 0 saturated carbocycles. The fraction of sp³-hybridized carbons (Fsp3) is 0.0909. The third-order valence-corrected chi connectivity index (χ3v) is 7.94. The normalized spacial score (nSPS) is 11.3. The van der Waals surface area contributed by atoms with Crippen LogP contribution in [0.3, 0.4) is 0 Å². The van der Waals surface area contributed by atoms with Gasteiger partial charge in [0.25, 0.3) is 10.0 Å². The number of aryl methyl sites for hydroxylation is 1. The molecule has 0 fully saturated rings. The van der Waals surface area contributed by atoms with Crippen molar-refractivity contribution in [3.8, 4) is 9.88 Å². The van der Waals surface area contributed by atoms with Gasteiger partial charge in [-0.25, -0.2) is 17.8 Å². The molecule has 0 unspecified atom stereocenters. The molecule has 2 aromatic carbocycles. The number of halogens is 1. The first-order valence-electron chi connectivity index (χ1n) is 9.48. The number of anilines is 2. The number of thiazole rings is 1. The summed E-state index contributed by atoms with van der Waals surface area (Å²) in [6, 6.07) is 14.0. The summed E-state index contributed by atoms with van der Waals surface area (Å²) in [6.45, 7) is 1.63. The Morgan fingerprint density at radius 1 is 1.09 bits per heavy atom. The van der Waals surface area contributed by atoms with Crippen molar-refractivity contribution in [1.82, 2.24) is 4.98 Å². The van der Waals surface area contributed by atoms with Gasteiger partial charge in [0.1, 0.15) is 10.8 Å². The highest BCUT2D eigenvalue weighted by atomic mass is 32.2. The minimum atomic E-state index is -4.06. The van der Waals surface area contributed by atoms with Gasteiger partial charge in [-0.15, -0.1) is 22.7 Å². The number of rotatable bonds is 7. The van der Waals surface area contributed by atoms with Crippen molar-refractivity contribution in [3.05, 3.63) is 82.4 Å². The standard InChI is InChI=1S/C22H18FN3O3S3/c1-14-8-9-15(11-20(14)32(28,29)26-18-6-3-2-5-17(18)23)24-21(27)12-16-13-31-22(25-16)19-7-4-10-30-19/h2-11,13,26H,12H2,1H3,(H,24,27). The van der Waals surface area contributed by atoms with Gasteiger partial charge >= 0.3 is 0 Å². The molecule has 0 spiro atoms. The van der Waals surface area contributed by atoms with Crippen molar-refractivity contribution in [1.29, 1.82) is 0 Å². The largest absolute Gasteiger partial charge is 0.326 e. The van der Waals surface area contributed by atoms with Gasteiger partial charge in [-0.2, -0.15) is 0 Å². The molecule has 164 valence electrons. The predicted octanol–water partition coefficient (Wildman–Crippen LogP) is 5.30. The topological polar surface area (TPSA) is 88.2 Å². The predicted molar refractivity (Wildman–Crippen MR) is 126 cm³/mol. The lowest BCUT2D eigenvalue weighted by Crippen LogP contribution is -2.17. The molecule has 10 heteroatoms. The molecule has 2 N–H and O–H groups in total. The number of carbonyl (C=O) groups excluding carboxylic acids is 1.